The summed E-state index contributed by atoms with van der Waals surface area (Å²) in [6, 6.07) is 14.7. The fraction of sp³-hybridized carbons (Fsp3) is 0.235. The molecule has 23 heavy (non-hydrogen) atoms. The molecule has 0 heterocycles. The van der Waals surface area contributed by atoms with Gasteiger partial charge >= 0.3 is 6.03 Å². The van der Waals surface area contributed by atoms with Crippen molar-refractivity contribution in [1.29, 1.82) is 0 Å². The summed E-state index contributed by atoms with van der Waals surface area (Å²) in [7, 11) is 3.32. The van der Waals surface area contributed by atoms with Crippen LogP contribution in [0.15, 0.2) is 53.0 Å². The molecule has 0 saturated carbocycles. The van der Waals surface area contributed by atoms with E-state index >= 15 is 0 Å². The third kappa shape index (κ3) is 5.17. The van der Waals surface area contributed by atoms with Gasteiger partial charge in [-0.05, 0) is 46.3 Å². The summed E-state index contributed by atoms with van der Waals surface area (Å²) in [6.45, 7) is 0.915. The van der Waals surface area contributed by atoms with Crippen molar-refractivity contribution >= 4 is 27.6 Å². The van der Waals surface area contributed by atoms with E-state index in [2.05, 4.69) is 21.2 Å². The maximum atomic E-state index is 12.1. The van der Waals surface area contributed by atoms with Gasteiger partial charge in [-0.1, -0.05) is 18.2 Å². The molecule has 1 N–H and O–H groups in total. The number of benzene rings is 2. The Morgan fingerprint density at radius 1 is 1.22 bits per heavy atom. The quantitative estimate of drug-likeness (QED) is 0.826. The van der Waals surface area contributed by atoms with Crippen molar-refractivity contribution in [3.05, 3.63) is 53.0 Å². The summed E-state index contributed by atoms with van der Waals surface area (Å²) < 4.78 is 11.5. The standard InChI is InChI=1S/C17H19BrN2O3/c1-20(10-11-23-14-6-4-3-5-7-14)17(21)19-13-8-9-16(22-2)15(18)12-13/h3-9,12H,10-11H2,1-2H3,(H,19,21). The number of carbonyl (C=O) groups is 1. The zero-order valence-corrected chi connectivity index (χ0v) is 14.7. The highest BCUT2D eigenvalue weighted by Gasteiger charge is 2.10. The number of rotatable bonds is 6. The van der Waals surface area contributed by atoms with E-state index in [1.807, 2.05) is 30.3 Å². The maximum Gasteiger partial charge on any atom is 0.321 e. The number of urea groups is 1. The van der Waals surface area contributed by atoms with Crippen molar-refractivity contribution in [3.8, 4) is 11.5 Å². The van der Waals surface area contributed by atoms with Crippen molar-refractivity contribution < 1.29 is 14.3 Å². The van der Waals surface area contributed by atoms with Crippen LogP contribution >= 0.6 is 15.9 Å². The zero-order valence-electron chi connectivity index (χ0n) is 13.1. The van der Waals surface area contributed by atoms with Crippen LogP contribution in [0.25, 0.3) is 0 Å². The lowest BCUT2D eigenvalue weighted by Gasteiger charge is -2.18. The fourth-order valence-corrected chi connectivity index (χ4v) is 2.42. The minimum atomic E-state index is -0.196. The number of halogens is 1. The second-order valence-electron chi connectivity index (χ2n) is 4.86. The monoisotopic (exact) mass is 378 g/mol. The summed E-state index contributed by atoms with van der Waals surface area (Å²) in [5.74, 6) is 1.51. The average molecular weight is 379 g/mol. The van der Waals surface area contributed by atoms with Gasteiger partial charge in [0.15, 0.2) is 0 Å². The van der Waals surface area contributed by atoms with Gasteiger partial charge in [-0.3, -0.25) is 0 Å². The minimum absolute atomic E-state index is 0.196. The number of carbonyl (C=O) groups excluding carboxylic acids is 1. The lowest BCUT2D eigenvalue weighted by Crippen LogP contribution is -2.34. The van der Waals surface area contributed by atoms with Gasteiger partial charge in [0.1, 0.15) is 18.1 Å². The van der Waals surface area contributed by atoms with Crippen LogP contribution in [0.1, 0.15) is 0 Å². The molecule has 6 heteroatoms. The average Bonchev–Trinajstić information content (AvgIpc) is 2.56. The van der Waals surface area contributed by atoms with E-state index in [1.165, 1.54) is 0 Å². The fourth-order valence-electron chi connectivity index (χ4n) is 1.88. The van der Waals surface area contributed by atoms with Crippen molar-refractivity contribution in [1.82, 2.24) is 4.90 Å². The molecule has 0 unspecified atom stereocenters. The van der Waals surface area contributed by atoms with Gasteiger partial charge in [0, 0.05) is 12.7 Å². The Morgan fingerprint density at radius 2 is 1.96 bits per heavy atom. The number of nitrogens with zero attached hydrogens (tertiary/aromatic N) is 1. The highest BCUT2D eigenvalue weighted by atomic mass is 79.9. The molecule has 0 bridgehead atoms. The largest absolute Gasteiger partial charge is 0.496 e. The van der Waals surface area contributed by atoms with Gasteiger partial charge in [-0.15, -0.1) is 0 Å². The minimum Gasteiger partial charge on any atom is -0.496 e. The molecule has 0 fully saturated rings. The predicted molar refractivity (Wildman–Crippen MR) is 94.3 cm³/mol. The summed E-state index contributed by atoms with van der Waals surface area (Å²) in [5.41, 5.74) is 0.693. The third-order valence-corrected chi connectivity index (χ3v) is 3.81. The van der Waals surface area contributed by atoms with Crippen LogP contribution in [0.3, 0.4) is 0 Å². The first kappa shape index (κ1) is 17.1. The third-order valence-electron chi connectivity index (χ3n) is 3.19. The molecule has 0 saturated heterocycles. The van der Waals surface area contributed by atoms with Crippen LogP contribution in [0, 0.1) is 0 Å². The van der Waals surface area contributed by atoms with Gasteiger partial charge in [0.05, 0.1) is 18.1 Å². The van der Waals surface area contributed by atoms with E-state index < -0.39 is 0 Å². The van der Waals surface area contributed by atoms with Crippen LogP contribution in [0.2, 0.25) is 0 Å². The van der Waals surface area contributed by atoms with E-state index in [0.29, 0.717) is 24.6 Å². The zero-order chi connectivity index (χ0) is 16.7. The number of hydrogen-bond donors (Lipinski definition) is 1. The first-order chi connectivity index (χ1) is 11.1. The Morgan fingerprint density at radius 3 is 2.61 bits per heavy atom. The number of amides is 2. The Hall–Kier alpha value is -2.21. The molecule has 2 rings (SSSR count). The van der Waals surface area contributed by atoms with Gasteiger partial charge < -0.3 is 19.7 Å². The number of nitrogens with one attached hydrogen (secondary N) is 1. The van der Waals surface area contributed by atoms with Crippen LogP contribution in [0.4, 0.5) is 10.5 Å². The van der Waals surface area contributed by atoms with Crippen LogP contribution < -0.4 is 14.8 Å². The molecule has 0 spiro atoms. The molecule has 0 aromatic heterocycles. The molecular weight excluding hydrogens is 360 g/mol. The van der Waals surface area contributed by atoms with E-state index in [4.69, 9.17) is 9.47 Å². The molecule has 0 aliphatic carbocycles. The van der Waals surface area contributed by atoms with E-state index in [0.717, 1.165) is 10.2 Å². The maximum absolute atomic E-state index is 12.1. The SMILES string of the molecule is COc1ccc(NC(=O)N(C)CCOc2ccccc2)cc1Br. The molecular formula is C17H19BrN2O3. The smallest absolute Gasteiger partial charge is 0.321 e. The number of ether oxygens (including phenoxy) is 2. The molecule has 2 aromatic rings. The molecule has 0 aliphatic rings. The van der Waals surface area contributed by atoms with Gasteiger partial charge in [0.25, 0.3) is 0 Å². The number of likely N-dealkylation sites (N-methyl/N-ethyl adjacent to an activating group) is 1. The second-order valence-corrected chi connectivity index (χ2v) is 5.72. The van der Waals surface area contributed by atoms with Crippen LogP contribution in [-0.4, -0.2) is 38.2 Å². The number of methoxy groups -OCH3 is 1. The van der Waals surface area contributed by atoms with Gasteiger partial charge in [0.2, 0.25) is 0 Å². The topological polar surface area (TPSA) is 50.8 Å². The Bertz CT molecular complexity index is 650. The summed E-state index contributed by atoms with van der Waals surface area (Å²) in [6.07, 6.45) is 0. The van der Waals surface area contributed by atoms with Crippen LogP contribution in [-0.2, 0) is 0 Å². The van der Waals surface area contributed by atoms with E-state index in [1.54, 1.807) is 37.3 Å². The first-order valence-electron chi connectivity index (χ1n) is 7.13. The van der Waals surface area contributed by atoms with Crippen molar-refractivity contribution in [2.75, 3.05) is 32.6 Å². The molecule has 5 nitrogen and oxygen atoms in total. The summed E-state index contributed by atoms with van der Waals surface area (Å²) >= 11 is 3.39. The lowest BCUT2D eigenvalue weighted by atomic mass is 10.3. The molecule has 0 atom stereocenters. The number of para-hydroxylation sites is 1. The second kappa shape index (κ2) is 8.43. The molecule has 2 amide bonds. The van der Waals surface area contributed by atoms with E-state index in [9.17, 15) is 4.79 Å². The van der Waals surface area contributed by atoms with Crippen LogP contribution in [0.5, 0.6) is 11.5 Å². The van der Waals surface area contributed by atoms with Gasteiger partial charge in [-0.2, -0.15) is 0 Å². The van der Waals surface area contributed by atoms with Crippen molar-refractivity contribution in [2.24, 2.45) is 0 Å². The summed E-state index contributed by atoms with van der Waals surface area (Å²) in [5, 5.41) is 2.83. The van der Waals surface area contributed by atoms with Gasteiger partial charge in [-0.25, -0.2) is 4.79 Å². The number of anilines is 1. The number of hydrogen-bond acceptors (Lipinski definition) is 3. The Balaban J connectivity index is 1.81. The molecule has 2 aromatic carbocycles. The Labute approximate surface area is 144 Å². The molecule has 0 aliphatic heterocycles. The van der Waals surface area contributed by atoms with E-state index in [-0.39, 0.29) is 6.03 Å². The normalized spacial score (nSPS) is 10.0. The lowest BCUT2D eigenvalue weighted by molar-refractivity contribution is 0.207. The summed E-state index contributed by atoms with van der Waals surface area (Å²) in [4.78, 5) is 13.7. The highest BCUT2D eigenvalue weighted by molar-refractivity contribution is 9.10. The molecule has 122 valence electrons. The predicted octanol–water partition coefficient (Wildman–Crippen LogP) is 4.00. The Kier molecular flexibility index (Phi) is 6.29. The van der Waals surface area contributed by atoms with Crippen molar-refractivity contribution in [3.63, 3.8) is 0 Å². The first-order valence-corrected chi connectivity index (χ1v) is 7.93. The molecule has 0 radical (unpaired) electrons. The highest BCUT2D eigenvalue weighted by Crippen LogP contribution is 2.27. The van der Waals surface area contributed by atoms with Crippen molar-refractivity contribution in [2.45, 2.75) is 0 Å².